The van der Waals surface area contributed by atoms with E-state index in [0.717, 1.165) is 106 Å². The largest absolute Gasteiger partial charge is 0.378 e. The summed E-state index contributed by atoms with van der Waals surface area (Å²) in [6, 6.07) is 69.5. The summed E-state index contributed by atoms with van der Waals surface area (Å²) in [5.41, 5.74) is 24.7. The molecule has 103 heavy (non-hydrogen) atoms. The van der Waals surface area contributed by atoms with E-state index in [1.54, 1.807) is 36.7 Å². The Morgan fingerprint density at radius 3 is 1.32 bits per heavy atom. The van der Waals surface area contributed by atoms with Gasteiger partial charge in [0.05, 0.1) is 63.2 Å². The van der Waals surface area contributed by atoms with E-state index in [-0.39, 0.29) is 11.1 Å². The number of hydrogen-bond donors (Lipinski definition) is 5. The predicted molar refractivity (Wildman–Crippen MR) is 443 cm³/mol. The van der Waals surface area contributed by atoms with E-state index in [4.69, 9.17) is 23.9 Å². The number of nitrogens with two attached hydrogens (primary N) is 1. The number of benzene rings is 7. The van der Waals surface area contributed by atoms with Crippen LogP contribution in [0.3, 0.4) is 0 Å². The van der Waals surface area contributed by atoms with Gasteiger partial charge in [0.15, 0.2) is 11.4 Å². The second kappa shape index (κ2) is 38.0. The average molecular weight is 1510 g/mol. The number of H-pyrrole nitrogens is 2. The van der Waals surface area contributed by atoms with Gasteiger partial charge in [-0.3, -0.25) is 24.5 Å². The molecule has 0 amide bonds. The van der Waals surface area contributed by atoms with Crippen molar-refractivity contribution < 1.29 is 0 Å². The fourth-order valence-corrected chi connectivity index (χ4v) is 12.3. The maximum absolute atomic E-state index is 12.4. The van der Waals surface area contributed by atoms with Crippen LogP contribution in [-0.4, -0.2) is 121 Å². The Morgan fingerprint density at radius 1 is 0.476 bits per heavy atom. The van der Waals surface area contributed by atoms with Gasteiger partial charge < -0.3 is 45.5 Å². The maximum Gasteiger partial charge on any atom is 0.188 e. The Balaban J connectivity index is 0.000000169. The molecule has 13 rings (SSSR count). The Morgan fingerprint density at radius 2 is 0.883 bits per heavy atom. The van der Waals surface area contributed by atoms with Crippen LogP contribution in [-0.2, 0) is 0 Å². The first kappa shape index (κ1) is 77.5. The van der Waals surface area contributed by atoms with Crippen molar-refractivity contribution >= 4 is 131 Å². The van der Waals surface area contributed by atoms with E-state index in [9.17, 15) is 9.59 Å². The standard InChI is InChI=1S/C25H27N5.C22H19N3O.C16H14BrN3O.C9H9BrN2.C9H10N2.BHNS/c1-30(2)24-12-11-19(16-21(24)18-8-4-3-5-9-18)22-17-23-20(10-6-14-27-23)25(29-22)28-15-7-13-26;1-25(2)21-11-10-16(13-18(21)15-7-4-3-5-8-15)19-14-20-17(22(26)24-19)9-6-12-23-20;1-20(2)15-6-5-10(8-12(15)17)13-9-14-11(16(21)19-13)4-3-7-18-14;1-11-7-4-5-9(12(2)3)8(10)6-7;1-10-8-4-6-9(7-5-8)11(2)3;1-2-3/h3-6,8-12,14,16-17H,7,13,15,26H2,1-2H3,(H,28,29);3-14H,1-2H3,(H,24,26);3-9H,1-2H3,(H,19,21);4-6H,2-3H3;4-7H,2-3H3;3H. The summed E-state index contributed by atoms with van der Waals surface area (Å²) >= 11 is 10.2. The van der Waals surface area contributed by atoms with E-state index in [2.05, 4.69) is 199 Å². The van der Waals surface area contributed by atoms with E-state index in [0.29, 0.717) is 39.7 Å². The molecular formula is C81H80BBr2N16O2S. The number of hydrogen-bond acceptors (Lipinski definition) is 15. The summed E-state index contributed by atoms with van der Waals surface area (Å²) < 4.78 is 4.63. The Bertz CT molecular complexity index is 5220. The van der Waals surface area contributed by atoms with Crippen LogP contribution in [0.15, 0.2) is 254 Å². The number of aromatic nitrogens is 6. The number of pyridine rings is 6. The van der Waals surface area contributed by atoms with Crippen molar-refractivity contribution in [3.05, 3.63) is 283 Å². The van der Waals surface area contributed by atoms with Gasteiger partial charge in [0.1, 0.15) is 5.82 Å². The molecule has 0 spiro atoms. The first-order valence-corrected chi connectivity index (χ1v) is 34.6. The van der Waals surface area contributed by atoms with Gasteiger partial charge >= 0.3 is 24.8 Å². The summed E-state index contributed by atoms with van der Waals surface area (Å²) in [4.78, 5) is 65.4. The Kier molecular flexibility index (Phi) is 28.6. The zero-order valence-electron chi connectivity index (χ0n) is 59.1. The molecule has 0 saturated carbocycles. The molecule has 0 bridgehead atoms. The Hall–Kier alpha value is -11.3. The second-order valence-corrected chi connectivity index (χ2v) is 26.2. The third-order valence-corrected chi connectivity index (χ3v) is 17.3. The topological polar surface area (TPSA) is 193 Å². The van der Waals surface area contributed by atoms with Crippen LogP contribution >= 0.6 is 44.7 Å². The molecule has 0 saturated heterocycles. The molecule has 0 fully saturated rings. The first-order valence-electron chi connectivity index (χ1n) is 32.6. The number of rotatable bonds is 14. The van der Waals surface area contributed by atoms with Gasteiger partial charge in [-0.25, -0.2) is 14.7 Å². The molecule has 0 aliphatic rings. The van der Waals surface area contributed by atoms with Crippen LogP contribution < -0.4 is 46.7 Å². The van der Waals surface area contributed by atoms with Crippen molar-refractivity contribution in [2.75, 3.05) is 113 Å². The molecule has 1 radical (unpaired) electrons. The van der Waals surface area contributed by atoms with E-state index in [1.807, 2.05) is 186 Å². The first-order chi connectivity index (χ1) is 49.7. The van der Waals surface area contributed by atoms with Crippen molar-refractivity contribution in [1.29, 1.82) is 0 Å². The number of fused-ring (bicyclic) bond motifs is 3. The molecular weight excluding hydrogens is 1430 g/mol. The third-order valence-electron chi connectivity index (χ3n) is 16.0. The molecule has 0 unspecified atom stereocenters. The molecule has 7 aromatic carbocycles. The molecule has 13 aromatic rings. The summed E-state index contributed by atoms with van der Waals surface area (Å²) in [5, 5.41) is 5.66. The van der Waals surface area contributed by atoms with Gasteiger partial charge in [0, 0.05) is 149 Å². The SMILES string of the molecule is CN(C)c1ccc(-c2cc3ncccc3c(=O)[nH]2)cc1-c1ccccc1.CN(C)c1ccc(-c2cc3ncccc3c(=O)[nH]2)cc1Br.CN(C)c1ccc(-c2cc3ncccc3c(NCCCN)n2)cc1-c1ccccc1.[B]=NS.[C-]#[N+]c1ccc(N(C)C)c(Br)c1.[C-]#[N+]c1ccc(N(C)C)cc1. The van der Waals surface area contributed by atoms with Gasteiger partial charge in [0.2, 0.25) is 0 Å². The van der Waals surface area contributed by atoms with Crippen LogP contribution in [0.5, 0.6) is 0 Å². The maximum atomic E-state index is 12.4. The average Bonchev–Trinajstić information content (AvgIpc) is 0.792. The number of nitrogens with zero attached hydrogens (tertiary/aromatic N) is 12. The van der Waals surface area contributed by atoms with Crippen molar-refractivity contribution in [2.24, 2.45) is 10.0 Å². The molecule has 0 aliphatic heterocycles. The van der Waals surface area contributed by atoms with Crippen LogP contribution in [0.2, 0.25) is 0 Å². The molecule has 0 atom stereocenters. The molecule has 18 nitrogen and oxygen atoms in total. The van der Waals surface area contributed by atoms with Crippen LogP contribution in [0.1, 0.15) is 6.42 Å². The number of halogens is 2. The van der Waals surface area contributed by atoms with Crippen molar-refractivity contribution in [1.82, 2.24) is 29.9 Å². The summed E-state index contributed by atoms with van der Waals surface area (Å²) in [6.07, 6.45) is 6.11. The fraction of sp³-hybridized carbons (Fsp3) is 0.160. The van der Waals surface area contributed by atoms with E-state index >= 15 is 0 Å². The van der Waals surface area contributed by atoms with E-state index in [1.165, 1.54) is 16.8 Å². The summed E-state index contributed by atoms with van der Waals surface area (Å²) in [6.45, 7) is 15.0. The van der Waals surface area contributed by atoms with Crippen LogP contribution in [0.25, 0.3) is 98.4 Å². The predicted octanol–water partition coefficient (Wildman–Crippen LogP) is 18.1. The third kappa shape index (κ3) is 20.9. The summed E-state index contributed by atoms with van der Waals surface area (Å²) in [7, 11) is 24.4. The van der Waals surface area contributed by atoms with Gasteiger partial charge in [0.25, 0.3) is 11.1 Å². The monoisotopic (exact) mass is 1510 g/mol. The Labute approximate surface area is 625 Å². The number of anilines is 6. The van der Waals surface area contributed by atoms with Crippen molar-refractivity contribution in [2.45, 2.75) is 6.42 Å². The van der Waals surface area contributed by atoms with Crippen molar-refractivity contribution in [3.63, 3.8) is 0 Å². The van der Waals surface area contributed by atoms with Gasteiger partial charge in [-0.15, -0.1) is 0 Å². The van der Waals surface area contributed by atoms with Crippen LogP contribution in [0.4, 0.5) is 45.6 Å². The molecule has 5 N–H and O–H groups in total. The fourth-order valence-electron chi connectivity index (χ4n) is 10.8. The smallest absolute Gasteiger partial charge is 0.188 e. The zero-order chi connectivity index (χ0) is 74.1. The minimum atomic E-state index is -0.122. The minimum absolute atomic E-state index is 0.122. The normalized spacial score (nSPS) is 10.2. The molecule has 6 heterocycles. The molecule has 0 aliphatic carbocycles. The van der Waals surface area contributed by atoms with Gasteiger partial charge in [-0.2, -0.15) is 0 Å². The number of nitrogens with one attached hydrogen (secondary N) is 3. The molecule has 22 heteroatoms. The van der Waals surface area contributed by atoms with Gasteiger partial charge in [-0.05, 0) is 182 Å². The quantitative estimate of drug-likeness (QED) is 0.0299. The minimum Gasteiger partial charge on any atom is -0.378 e. The van der Waals surface area contributed by atoms with Crippen molar-refractivity contribution in [3.8, 4) is 56.0 Å². The second-order valence-electron chi connectivity index (χ2n) is 24.2. The van der Waals surface area contributed by atoms with E-state index < -0.39 is 0 Å². The number of thiol groups is 1. The van der Waals surface area contributed by atoms with Crippen LogP contribution in [0, 0.1) is 13.1 Å². The number of aromatic amines is 2. The van der Waals surface area contributed by atoms with Gasteiger partial charge in [-0.1, -0.05) is 97.1 Å². The zero-order valence-corrected chi connectivity index (χ0v) is 63.2. The molecule has 6 aromatic heterocycles. The molecule has 519 valence electrons. The summed E-state index contributed by atoms with van der Waals surface area (Å²) in [5.74, 6) is 0.849.